The Morgan fingerprint density at radius 2 is 2.16 bits per heavy atom. The number of benzene rings is 1. The molecule has 0 unspecified atom stereocenters. The third-order valence-electron chi connectivity index (χ3n) is 3.18. The summed E-state index contributed by atoms with van der Waals surface area (Å²) >= 11 is 0. The van der Waals surface area contributed by atoms with Crippen LogP contribution in [0.4, 0.5) is 0 Å². The number of aliphatic hydroxyl groups is 1. The number of ether oxygens (including phenoxy) is 1. The molecule has 0 radical (unpaired) electrons. The van der Waals surface area contributed by atoms with Crippen LogP contribution in [0.2, 0.25) is 0 Å². The third kappa shape index (κ3) is 3.07. The fourth-order valence-electron chi connectivity index (χ4n) is 2.17. The molecule has 2 aromatic rings. The number of aromatic nitrogens is 2. The van der Waals surface area contributed by atoms with Gasteiger partial charge in [-0.1, -0.05) is 13.8 Å². The van der Waals surface area contributed by atoms with Crippen LogP contribution in [0.15, 0.2) is 18.2 Å². The monoisotopic (exact) mass is 262 g/mol. The highest BCUT2D eigenvalue weighted by Crippen LogP contribution is 2.23. The van der Waals surface area contributed by atoms with Crippen molar-refractivity contribution in [1.82, 2.24) is 9.55 Å². The molecular formula is C15H22N2O2. The molecule has 1 aromatic carbocycles. The SMILES string of the molecule is CCOc1ccc2c(c1)nc(CO)n2CCC(C)C. The van der Waals surface area contributed by atoms with E-state index in [1.165, 1.54) is 0 Å². The number of hydrogen-bond acceptors (Lipinski definition) is 3. The van der Waals surface area contributed by atoms with Gasteiger partial charge in [0.15, 0.2) is 0 Å². The van der Waals surface area contributed by atoms with Crippen molar-refractivity contribution in [2.45, 2.75) is 40.3 Å². The van der Waals surface area contributed by atoms with Gasteiger partial charge < -0.3 is 14.4 Å². The van der Waals surface area contributed by atoms with E-state index in [0.717, 1.165) is 35.6 Å². The smallest absolute Gasteiger partial charge is 0.135 e. The zero-order chi connectivity index (χ0) is 13.8. The molecule has 0 fully saturated rings. The maximum Gasteiger partial charge on any atom is 0.135 e. The predicted molar refractivity (Wildman–Crippen MR) is 76.3 cm³/mol. The van der Waals surface area contributed by atoms with Crippen LogP contribution >= 0.6 is 0 Å². The predicted octanol–water partition coefficient (Wildman–Crippen LogP) is 2.97. The zero-order valence-electron chi connectivity index (χ0n) is 11.9. The summed E-state index contributed by atoms with van der Waals surface area (Å²) in [5.41, 5.74) is 1.95. The minimum Gasteiger partial charge on any atom is -0.494 e. The summed E-state index contributed by atoms with van der Waals surface area (Å²) in [4.78, 5) is 4.48. The Morgan fingerprint density at radius 1 is 1.37 bits per heavy atom. The number of hydrogen-bond donors (Lipinski definition) is 1. The van der Waals surface area contributed by atoms with Gasteiger partial charge in [-0.2, -0.15) is 0 Å². The number of rotatable bonds is 6. The molecular weight excluding hydrogens is 240 g/mol. The van der Waals surface area contributed by atoms with Gasteiger partial charge in [0.25, 0.3) is 0 Å². The number of imidazole rings is 1. The van der Waals surface area contributed by atoms with Gasteiger partial charge in [-0.25, -0.2) is 4.98 Å². The summed E-state index contributed by atoms with van der Waals surface area (Å²) in [6.07, 6.45) is 1.08. The zero-order valence-corrected chi connectivity index (χ0v) is 11.9. The van der Waals surface area contributed by atoms with Crippen molar-refractivity contribution in [2.24, 2.45) is 5.92 Å². The fraction of sp³-hybridized carbons (Fsp3) is 0.533. The Morgan fingerprint density at radius 3 is 2.79 bits per heavy atom. The van der Waals surface area contributed by atoms with Crippen molar-refractivity contribution < 1.29 is 9.84 Å². The average Bonchev–Trinajstić information content (AvgIpc) is 2.73. The lowest BCUT2D eigenvalue weighted by Crippen LogP contribution is -2.06. The lowest BCUT2D eigenvalue weighted by Gasteiger charge is -2.10. The Kier molecular flexibility index (Phi) is 4.43. The van der Waals surface area contributed by atoms with Crippen LogP contribution in [0, 0.1) is 5.92 Å². The first-order valence-corrected chi connectivity index (χ1v) is 6.88. The van der Waals surface area contributed by atoms with Crippen LogP contribution in [0.25, 0.3) is 11.0 Å². The molecule has 4 nitrogen and oxygen atoms in total. The average molecular weight is 262 g/mol. The summed E-state index contributed by atoms with van der Waals surface area (Å²) in [5, 5.41) is 9.44. The van der Waals surface area contributed by atoms with Crippen molar-refractivity contribution >= 4 is 11.0 Å². The Hall–Kier alpha value is -1.55. The van der Waals surface area contributed by atoms with Crippen LogP contribution < -0.4 is 4.74 Å². The van der Waals surface area contributed by atoms with Gasteiger partial charge in [0.2, 0.25) is 0 Å². The van der Waals surface area contributed by atoms with E-state index in [4.69, 9.17) is 4.74 Å². The largest absolute Gasteiger partial charge is 0.494 e. The van der Waals surface area contributed by atoms with E-state index >= 15 is 0 Å². The first-order chi connectivity index (χ1) is 9.15. The Bertz CT molecular complexity index is 546. The van der Waals surface area contributed by atoms with E-state index in [0.29, 0.717) is 12.5 Å². The molecule has 0 aliphatic heterocycles. The summed E-state index contributed by atoms with van der Waals surface area (Å²) in [6.45, 7) is 7.86. The topological polar surface area (TPSA) is 47.3 Å². The van der Waals surface area contributed by atoms with E-state index in [1.807, 2.05) is 25.1 Å². The standard InChI is InChI=1S/C15H22N2O2/c1-4-19-12-5-6-14-13(9-12)16-15(10-18)17(14)8-7-11(2)3/h5-6,9,11,18H,4,7-8,10H2,1-3H3. The van der Waals surface area contributed by atoms with Crippen LogP contribution in [0.3, 0.4) is 0 Å². The van der Waals surface area contributed by atoms with E-state index in [9.17, 15) is 5.11 Å². The molecule has 1 aromatic heterocycles. The number of nitrogens with zero attached hydrogens (tertiary/aromatic N) is 2. The molecule has 0 bridgehead atoms. The normalized spacial score (nSPS) is 11.4. The van der Waals surface area contributed by atoms with Crippen molar-refractivity contribution in [2.75, 3.05) is 6.61 Å². The van der Waals surface area contributed by atoms with Gasteiger partial charge in [0.05, 0.1) is 17.6 Å². The highest BCUT2D eigenvalue weighted by Gasteiger charge is 2.11. The lowest BCUT2D eigenvalue weighted by molar-refractivity contribution is 0.264. The molecule has 104 valence electrons. The summed E-state index contributed by atoms with van der Waals surface area (Å²) in [6, 6.07) is 5.91. The number of aliphatic hydroxyl groups excluding tert-OH is 1. The molecule has 4 heteroatoms. The second-order valence-electron chi connectivity index (χ2n) is 5.10. The van der Waals surface area contributed by atoms with E-state index in [-0.39, 0.29) is 6.61 Å². The molecule has 19 heavy (non-hydrogen) atoms. The highest BCUT2D eigenvalue weighted by molar-refractivity contribution is 5.77. The second kappa shape index (κ2) is 6.06. The van der Waals surface area contributed by atoms with Gasteiger partial charge in [0, 0.05) is 12.6 Å². The molecule has 0 atom stereocenters. The van der Waals surface area contributed by atoms with Crippen LogP contribution in [0.1, 0.15) is 33.0 Å². The number of fused-ring (bicyclic) bond motifs is 1. The minimum atomic E-state index is -0.0310. The van der Waals surface area contributed by atoms with Crippen molar-refractivity contribution in [3.8, 4) is 5.75 Å². The second-order valence-corrected chi connectivity index (χ2v) is 5.10. The summed E-state index contributed by atoms with van der Waals surface area (Å²) in [7, 11) is 0. The van der Waals surface area contributed by atoms with Gasteiger partial charge >= 0.3 is 0 Å². The molecule has 0 spiro atoms. The molecule has 0 aliphatic rings. The quantitative estimate of drug-likeness (QED) is 0.870. The molecule has 0 saturated heterocycles. The van der Waals surface area contributed by atoms with Crippen LogP contribution in [-0.4, -0.2) is 21.3 Å². The van der Waals surface area contributed by atoms with Gasteiger partial charge in [0.1, 0.15) is 18.2 Å². The molecule has 2 rings (SSSR count). The molecule has 1 heterocycles. The lowest BCUT2D eigenvalue weighted by atomic mass is 10.1. The summed E-state index contributed by atoms with van der Waals surface area (Å²) < 4.78 is 7.59. The first kappa shape index (κ1) is 13.9. The number of aryl methyl sites for hydroxylation is 1. The van der Waals surface area contributed by atoms with Gasteiger partial charge in [-0.3, -0.25) is 0 Å². The van der Waals surface area contributed by atoms with E-state index in [2.05, 4.69) is 23.4 Å². The fourth-order valence-corrected chi connectivity index (χ4v) is 2.17. The highest BCUT2D eigenvalue weighted by atomic mass is 16.5. The molecule has 0 amide bonds. The van der Waals surface area contributed by atoms with Crippen LogP contribution in [0.5, 0.6) is 5.75 Å². The van der Waals surface area contributed by atoms with Gasteiger partial charge in [-0.15, -0.1) is 0 Å². The summed E-state index contributed by atoms with van der Waals surface area (Å²) in [5.74, 6) is 2.18. The maximum atomic E-state index is 9.44. The minimum absolute atomic E-state index is 0.0310. The van der Waals surface area contributed by atoms with Gasteiger partial charge in [-0.05, 0) is 31.4 Å². The maximum absolute atomic E-state index is 9.44. The molecule has 0 aliphatic carbocycles. The van der Waals surface area contributed by atoms with Crippen LogP contribution in [-0.2, 0) is 13.2 Å². The third-order valence-corrected chi connectivity index (χ3v) is 3.18. The van der Waals surface area contributed by atoms with E-state index in [1.54, 1.807) is 0 Å². The Labute approximate surface area is 114 Å². The molecule has 0 saturated carbocycles. The van der Waals surface area contributed by atoms with Crippen molar-refractivity contribution in [3.05, 3.63) is 24.0 Å². The van der Waals surface area contributed by atoms with Crippen molar-refractivity contribution in [3.63, 3.8) is 0 Å². The van der Waals surface area contributed by atoms with E-state index < -0.39 is 0 Å². The molecule has 1 N–H and O–H groups in total. The first-order valence-electron chi connectivity index (χ1n) is 6.88. The van der Waals surface area contributed by atoms with Crippen molar-refractivity contribution in [1.29, 1.82) is 0 Å². The Balaban J connectivity index is 2.37.